The molecular weight excluding hydrogens is 488 g/mol. The van der Waals surface area contributed by atoms with Crippen molar-refractivity contribution in [2.45, 2.75) is 19.6 Å². The third-order valence-electron chi connectivity index (χ3n) is 5.22. The zero-order valence-electron chi connectivity index (χ0n) is 19.1. The van der Waals surface area contributed by atoms with Gasteiger partial charge in [-0.2, -0.15) is 4.39 Å². The monoisotopic (exact) mass is 509 g/mol. The zero-order chi connectivity index (χ0) is 25.1. The Morgan fingerprint density at radius 1 is 1.17 bits per heavy atom. The van der Waals surface area contributed by atoms with E-state index >= 15 is 0 Å². The van der Waals surface area contributed by atoms with Crippen LogP contribution in [0, 0.1) is 11.8 Å². The van der Waals surface area contributed by atoms with E-state index in [4.69, 9.17) is 4.74 Å². The fraction of sp³-hybridized carbons (Fsp3) is 0.208. The molecule has 0 bridgehead atoms. The molecule has 2 N–H and O–H groups in total. The van der Waals surface area contributed by atoms with Crippen LogP contribution in [0.3, 0.4) is 0 Å². The second-order valence-corrected chi connectivity index (χ2v) is 9.03. The number of halogens is 2. The average molecular weight is 510 g/mol. The summed E-state index contributed by atoms with van der Waals surface area (Å²) in [7, 11) is 0. The number of aromatic nitrogens is 6. The molecule has 36 heavy (non-hydrogen) atoms. The number of anilines is 1. The zero-order valence-corrected chi connectivity index (χ0v) is 19.9. The van der Waals surface area contributed by atoms with E-state index in [0.717, 1.165) is 16.3 Å². The molecule has 184 valence electrons. The second kappa shape index (κ2) is 10.3. The van der Waals surface area contributed by atoms with Gasteiger partial charge in [0.15, 0.2) is 5.82 Å². The van der Waals surface area contributed by atoms with Crippen LogP contribution in [0.5, 0.6) is 5.75 Å². The number of ether oxygens (including phenoxy) is 1. The van der Waals surface area contributed by atoms with Crippen molar-refractivity contribution in [3.8, 4) is 27.4 Å². The lowest BCUT2D eigenvalue weighted by atomic mass is 10.0. The van der Waals surface area contributed by atoms with E-state index in [1.165, 1.54) is 23.6 Å². The summed E-state index contributed by atoms with van der Waals surface area (Å²) in [5, 5.41) is 21.2. The van der Waals surface area contributed by atoms with E-state index in [0.29, 0.717) is 34.8 Å². The fourth-order valence-electron chi connectivity index (χ4n) is 3.60. The van der Waals surface area contributed by atoms with Crippen LogP contribution < -0.4 is 10.1 Å². The van der Waals surface area contributed by atoms with Gasteiger partial charge in [-0.05, 0) is 18.4 Å². The Morgan fingerprint density at radius 2 is 2.06 bits per heavy atom. The first-order valence-corrected chi connectivity index (χ1v) is 11.9. The molecule has 0 amide bonds. The molecular formula is C24H21F2N7O2S. The number of fused-ring (bicyclic) bond motifs is 1. The predicted octanol–water partition coefficient (Wildman–Crippen LogP) is 4.16. The number of aliphatic hydroxyl groups excluding tert-OH is 1. The van der Waals surface area contributed by atoms with E-state index in [1.54, 1.807) is 24.0 Å². The maximum absolute atomic E-state index is 14.8. The Bertz CT molecular complexity index is 1490. The molecule has 0 aliphatic carbocycles. The first-order valence-electron chi connectivity index (χ1n) is 11.1. The molecule has 12 heteroatoms. The molecule has 0 saturated heterocycles. The summed E-state index contributed by atoms with van der Waals surface area (Å²) < 4.78 is 37.0. The summed E-state index contributed by atoms with van der Waals surface area (Å²) in [5.74, 6) is -0.589. The SMILES string of the molecule is CC(O)COc1cnc(F)cc1-c1cccc2cc(-c3nc(NCCn4ccnn4)ncc3F)sc12. The number of nitrogens with zero attached hydrogens (tertiary/aromatic N) is 6. The summed E-state index contributed by atoms with van der Waals surface area (Å²) in [5.41, 5.74) is 1.35. The van der Waals surface area contributed by atoms with Crippen LogP contribution in [-0.2, 0) is 6.54 Å². The van der Waals surface area contributed by atoms with Gasteiger partial charge in [-0.3, -0.25) is 4.68 Å². The van der Waals surface area contributed by atoms with Crippen molar-refractivity contribution in [3.05, 3.63) is 66.9 Å². The third kappa shape index (κ3) is 5.14. The fourth-order valence-corrected chi connectivity index (χ4v) is 4.78. The van der Waals surface area contributed by atoms with E-state index in [9.17, 15) is 13.9 Å². The van der Waals surface area contributed by atoms with E-state index in [-0.39, 0.29) is 18.2 Å². The maximum Gasteiger partial charge on any atom is 0.223 e. The van der Waals surface area contributed by atoms with Gasteiger partial charge >= 0.3 is 0 Å². The number of thiophene rings is 1. The molecule has 0 spiro atoms. The number of rotatable bonds is 9. The molecule has 5 aromatic rings. The molecule has 0 saturated carbocycles. The van der Waals surface area contributed by atoms with Gasteiger partial charge in [0.05, 0.1) is 36.1 Å². The normalized spacial score (nSPS) is 12.1. The van der Waals surface area contributed by atoms with Crippen molar-refractivity contribution in [2.75, 3.05) is 18.5 Å². The summed E-state index contributed by atoms with van der Waals surface area (Å²) in [6, 6.07) is 8.68. The minimum absolute atomic E-state index is 0.0326. The van der Waals surface area contributed by atoms with Crippen molar-refractivity contribution < 1.29 is 18.6 Å². The number of hydrogen-bond acceptors (Lipinski definition) is 9. The van der Waals surface area contributed by atoms with Crippen molar-refractivity contribution in [1.29, 1.82) is 0 Å². The number of nitrogens with one attached hydrogen (secondary N) is 1. The Balaban J connectivity index is 1.48. The topological polar surface area (TPSA) is 111 Å². The predicted molar refractivity (Wildman–Crippen MR) is 132 cm³/mol. The van der Waals surface area contributed by atoms with Crippen LogP contribution in [0.15, 0.2) is 55.1 Å². The van der Waals surface area contributed by atoms with Crippen LogP contribution in [0.2, 0.25) is 0 Å². The number of hydrogen-bond donors (Lipinski definition) is 2. The smallest absolute Gasteiger partial charge is 0.223 e. The Labute approximate surface area is 208 Å². The lowest BCUT2D eigenvalue weighted by Gasteiger charge is -2.13. The molecule has 4 aromatic heterocycles. The highest BCUT2D eigenvalue weighted by molar-refractivity contribution is 7.22. The van der Waals surface area contributed by atoms with Gasteiger partial charge in [-0.1, -0.05) is 23.4 Å². The van der Waals surface area contributed by atoms with Gasteiger partial charge in [0, 0.05) is 34.6 Å². The minimum atomic E-state index is -0.702. The highest BCUT2D eigenvalue weighted by Gasteiger charge is 2.18. The van der Waals surface area contributed by atoms with Crippen molar-refractivity contribution in [1.82, 2.24) is 29.9 Å². The van der Waals surface area contributed by atoms with Gasteiger partial charge in [0.2, 0.25) is 11.9 Å². The van der Waals surface area contributed by atoms with Crippen molar-refractivity contribution in [3.63, 3.8) is 0 Å². The first-order chi connectivity index (χ1) is 17.5. The van der Waals surface area contributed by atoms with Gasteiger partial charge in [-0.25, -0.2) is 19.3 Å². The molecule has 0 radical (unpaired) electrons. The van der Waals surface area contributed by atoms with Crippen molar-refractivity contribution >= 4 is 27.4 Å². The third-order valence-corrected chi connectivity index (χ3v) is 6.41. The van der Waals surface area contributed by atoms with Gasteiger partial charge in [0.1, 0.15) is 18.1 Å². The maximum atomic E-state index is 14.8. The van der Waals surface area contributed by atoms with Gasteiger partial charge in [0.25, 0.3) is 0 Å². The molecule has 9 nitrogen and oxygen atoms in total. The summed E-state index contributed by atoms with van der Waals surface area (Å²) in [6.07, 6.45) is 5.05. The number of benzene rings is 1. The lowest BCUT2D eigenvalue weighted by molar-refractivity contribution is 0.123. The molecule has 4 heterocycles. The van der Waals surface area contributed by atoms with Crippen LogP contribution in [0.25, 0.3) is 31.8 Å². The minimum Gasteiger partial charge on any atom is -0.489 e. The van der Waals surface area contributed by atoms with E-state index in [2.05, 4.69) is 30.6 Å². The number of aliphatic hydroxyl groups is 1. The highest BCUT2D eigenvalue weighted by atomic mass is 32.1. The van der Waals surface area contributed by atoms with Crippen LogP contribution >= 0.6 is 11.3 Å². The van der Waals surface area contributed by atoms with Gasteiger partial charge in [-0.15, -0.1) is 16.4 Å². The molecule has 0 aliphatic rings. The summed E-state index contributed by atoms with van der Waals surface area (Å²) >= 11 is 1.33. The number of pyridine rings is 1. The van der Waals surface area contributed by atoms with Crippen LogP contribution in [0.4, 0.5) is 14.7 Å². The highest BCUT2D eigenvalue weighted by Crippen LogP contribution is 2.42. The van der Waals surface area contributed by atoms with E-state index in [1.807, 2.05) is 24.3 Å². The van der Waals surface area contributed by atoms with Crippen LogP contribution in [0.1, 0.15) is 6.92 Å². The Kier molecular flexibility index (Phi) is 6.78. The Morgan fingerprint density at radius 3 is 2.86 bits per heavy atom. The first kappa shape index (κ1) is 23.7. The van der Waals surface area contributed by atoms with E-state index < -0.39 is 17.9 Å². The average Bonchev–Trinajstić information content (AvgIpc) is 3.54. The molecule has 0 aliphatic heterocycles. The summed E-state index contributed by atoms with van der Waals surface area (Å²) in [6.45, 7) is 2.65. The molecule has 0 fully saturated rings. The van der Waals surface area contributed by atoms with Crippen molar-refractivity contribution in [2.24, 2.45) is 0 Å². The van der Waals surface area contributed by atoms with Gasteiger partial charge < -0.3 is 15.2 Å². The standard InChI is InChI=1S/C24H21F2N7O2S/c1-14(34)13-35-19-12-28-21(26)10-17(19)16-4-2-3-15-9-20(36-23(15)16)22-18(25)11-29-24(31-22)27-5-7-33-8-6-30-32-33/h2-4,6,8-12,14,34H,5,7,13H2,1H3,(H,27,29,31). The molecule has 1 aromatic carbocycles. The van der Waals surface area contributed by atoms with Crippen LogP contribution in [-0.4, -0.2) is 54.3 Å². The second-order valence-electron chi connectivity index (χ2n) is 7.98. The Hall–Kier alpha value is -4.03. The lowest BCUT2D eigenvalue weighted by Crippen LogP contribution is -2.13. The quantitative estimate of drug-likeness (QED) is 0.285. The molecule has 5 rings (SSSR count). The largest absolute Gasteiger partial charge is 0.489 e. The molecule has 1 unspecified atom stereocenters. The molecule has 1 atom stereocenters. The summed E-state index contributed by atoms with van der Waals surface area (Å²) in [4.78, 5) is 12.7.